The summed E-state index contributed by atoms with van der Waals surface area (Å²) in [5.74, 6) is -1.33. The van der Waals surface area contributed by atoms with E-state index in [-0.39, 0.29) is 36.5 Å². The molecule has 1 aliphatic rings. The van der Waals surface area contributed by atoms with Gasteiger partial charge in [0, 0.05) is 18.0 Å². The van der Waals surface area contributed by atoms with Gasteiger partial charge in [0.15, 0.2) is 0 Å². The molecule has 0 saturated carbocycles. The van der Waals surface area contributed by atoms with E-state index < -0.39 is 18.1 Å². The largest absolute Gasteiger partial charge is 0.478 e. The number of carboxylic acids is 1. The average Bonchev–Trinajstić information content (AvgIpc) is 3.10. The summed E-state index contributed by atoms with van der Waals surface area (Å²) >= 11 is 0. The molecule has 33 heavy (non-hydrogen) atoms. The first-order chi connectivity index (χ1) is 15.8. The van der Waals surface area contributed by atoms with Crippen molar-refractivity contribution in [2.24, 2.45) is 5.92 Å². The van der Waals surface area contributed by atoms with Gasteiger partial charge in [0.1, 0.15) is 12.6 Å². The van der Waals surface area contributed by atoms with Gasteiger partial charge in [-0.15, -0.1) is 0 Å². The maximum atomic E-state index is 12.6. The number of aliphatic carboxylic acids is 1. The molecule has 0 aromatic heterocycles. The molecule has 7 nitrogen and oxygen atoms in total. The van der Waals surface area contributed by atoms with Crippen LogP contribution in [0.3, 0.4) is 0 Å². The van der Waals surface area contributed by atoms with Crippen molar-refractivity contribution in [1.82, 2.24) is 10.6 Å². The van der Waals surface area contributed by atoms with E-state index in [1.54, 1.807) is 0 Å². The van der Waals surface area contributed by atoms with Gasteiger partial charge in [0.05, 0.1) is 0 Å². The number of carbonyl (C=O) groups is 3. The molecule has 3 rings (SSSR count). The Labute approximate surface area is 193 Å². The van der Waals surface area contributed by atoms with Crippen molar-refractivity contribution in [1.29, 1.82) is 0 Å². The van der Waals surface area contributed by atoms with E-state index in [1.807, 2.05) is 50.2 Å². The van der Waals surface area contributed by atoms with Gasteiger partial charge in [0.25, 0.3) is 0 Å². The zero-order valence-electron chi connectivity index (χ0n) is 19.1. The Bertz CT molecular complexity index is 1010. The van der Waals surface area contributed by atoms with Crippen LogP contribution in [0.2, 0.25) is 0 Å². The summed E-state index contributed by atoms with van der Waals surface area (Å²) < 4.78 is 5.56. The first kappa shape index (κ1) is 24.0. The van der Waals surface area contributed by atoms with Crippen molar-refractivity contribution in [3.8, 4) is 11.1 Å². The Morgan fingerprint density at radius 3 is 2.15 bits per heavy atom. The molecule has 0 radical (unpaired) electrons. The molecule has 0 saturated heterocycles. The molecule has 2 aromatic rings. The monoisotopic (exact) mass is 450 g/mol. The summed E-state index contributed by atoms with van der Waals surface area (Å²) in [7, 11) is 0. The fourth-order valence-corrected chi connectivity index (χ4v) is 4.00. The van der Waals surface area contributed by atoms with Gasteiger partial charge in [0.2, 0.25) is 5.91 Å². The summed E-state index contributed by atoms with van der Waals surface area (Å²) in [5.41, 5.74) is 4.65. The number of ether oxygens (including phenoxy) is 1. The SMILES string of the molecule is C/C(=C\CNC(=O)[C@H](CC(C)C)NC(=O)OCC1c2ccccc2-c2ccccc21)C(=O)O. The highest BCUT2D eigenvalue weighted by Crippen LogP contribution is 2.44. The molecule has 2 aromatic carbocycles. The molecule has 0 fully saturated rings. The smallest absolute Gasteiger partial charge is 0.407 e. The highest BCUT2D eigenvalue weighted by Gasteiger charge is 2.29. The van der Waals surface area contributed by atoms with E-state index in [0.717, 1.165) is 22.3 Å². The summed E-state index contributed by atoms with van der Waals surface area (Å²) in [5, 5.41) is 14.2. The number of amides is 2. The summed E-state index contributed by atoms with van der Waals surface area (Å²) in [6.07, 6.45) is 1.19. The Morgan fingerprint density at radius 1 is 1.03 bits per heavy atom. The minimum Gasteiger partial charge on any atom is -0.478 e. The van der Waals surface area contributed by atoms with Crippen LogP contribution in [0.25, 0.3) is 11.1 Å². The van der Waals surface area contributed by atoms with Gasteiger partial charge >= 0.3 is 12.1 Å². The van der Waals surface area contributed by atoms with E-state index in [2.05, 4.69) is 22.8 Å². The third-order valence-electron chi connectivity index (χ3n) is 5.68. The topological polar surface area (TPSA) is 105 Å². The van der Waals surface area contributed by atoms with Gasteiger partial charge in [-0.05, 0) is 41.5 Å². The van der Waals surface area contributed by atoms with E-state index in [0.29, 0.717) is 6.42 Å². The van der Waals surface area contributed by atoms with Gasteiger partial charge in [-0.1, -0.05) is 68.5 Å². The second kappa shape index (κ2) is 10.8. The number of benzene rings is 2. The van der Waals surface area contributed by atoms with Crippen LogP contribution in [0.15, 0.2) is 60.2 Å². The normalized spacial score (nSPS) is 13.8. The Balaban J connectivity index is 1.62. The van der Waals surface area contributed by atoms with Gasteiger partial charge < -0.3 is 20.5 Å². The Morgan fingerprint density at radius 2 is 1.61 bits per heavy atom. The van der Waals surface area contributed by atoms with Crippen LogP contribution in [0.5, 0.6) is 0 Å². The second-order valence-electron chi connectivity index (χ2n) is 8.59. The first-order valence-corrected chi connectivity index (χ1v) is 11.1. The number of alkyl carbamates (subject to hydrolysis) is 1. The van der Waals surface area contributed by atoms with Gasteiger partial charge in [-0.25, -0.2) is 9.59 Å². The molecule has 0 bridgehead atoms. The predicted molar refractivity (Wildman–Crippen MR) is 126 cm³/mol. The lowest BCUT2D eigenvalue weighted by Crippen LogP contribution is -2.47. The highest BCUT2D eigenvalue weighted by molar-refractivity contribution is 5.87. The molecule has 7 heteroatoms. The maximum Gasteiger partial charge on any atom is 0.407 e. The molecule has 174 valence electrons. The fraction of sp³-hybridized carbons (Fsp3) is 0.346. The van der Waals surface area contributed by atoms with Crippen LogP contribution in [-0.4, -0.2) is 42.3 Å². The lowest BCUT2D eigenvalue weighted by molar-refractivity contribution is -0.132. The summed E-state index contributed by atoms with van der Waals surface area (Å²) in [6.45, 7) is 5.59. The predicted octanol–water partition coefficient (Wildman–Crippen LogP) is 4.09. The maximum absolute atomic E-state index is 12.6. The summed E-state index contributed by atoms with van der Waals surface area (Å²) in [4.78, 5) is 36.1. The van der Waals surface area contributed by atoms with Crippen molar-refractivity contribution in [2.75, 3.05) is 13.2 Å². The number of fused-ring (bicyclic) bond motifs is 3. The van der Waals surface area contributed by atoms with E-state index in [4.69, 9.17) is 9.84 Å². The van der Waals surface area contributed by atoms with Crippen molar-refractivity contribution in [3.05, 3.63) is 71.3 Å². The third-order valence-corrected chi connectivity index (χ3v) is 5.68. The Hall–Kier alpha value is -3.61. The molecule has 1 atom stereocenters. The van der Waals surface area contributed by atoms with Crippen LogP contribution < -0.4 is 10.6 Å². The number of hydrogen-bond donors (Lipinski definition) is 3. The Kier molecular flexibility index (Phi) is 7.87. The molecule has 1 aliphatic carbocycles. The van der Waals surface area contributed by atoms with Crippen molar-refractivity contribution < 1.29 is 24.2 Å². The lowest BCUT2D eigenvalue weighted by Gasteiger charge is -2.21. The number of carboxylic acid groups (broad SMARTS) is 1. The van der Waals surface area contributed by atoms with Crippen molar-refractivity contribution in [3.63, 3.8) is 0 Å². The van der Waals surface area contributed by atoms with Crippen molar-refractivity contribution in [2.45, 2.75) is 39.2 Å². The summed E-state index contributed by atoms with van der Waals surface area (Å²) in [6, 6.07) is 15.4. The average molecular weight is 451 g/mol. The number of nitrogens with one attached hydrogen (secondary N) is 2. The lowest BCUT2D eigenvalue weighted by atomic mass is 9.98. The second-order valence-corrected chi connectivity index (χ2v) is 8.59. The molecule has 0 unspecified atom stereocenters. The van der Waals surface area contributed by atoms with Gasteiger partial charge in [-0.2, -0.15) is 0 Å². The van der Waals surface area contributed by atoms with E-state index >= 15 is 0 Å². The third kappa shape index (κ3) is 6.00. The number of rotatable bonds is 9. The van der Waals surface area contributed by atoms with Crippen LogP contribution in [0, 0.1) is 5.92 Å². The fourth-order valence-electron chi connectivity index (χ4n) is 4.00. The minimum atomic E-state index is -1.04. The highest BCUT2D eigenvalue weighted by atomic mass is 16.5. The number of carbonyl (C=O) groups excluding carboxylic acids is 2. The van der Waals surface area contributed by atoms with Crippen molar-refractivity contribution >= 4 is 18.0 Å². The van der Waals surface area contributed by atoms with Crippen LogP contribution in [0.4, 0.5) is 4.79 Å². The first-order valence-electron chi connectivity index (χ1n) is 11.1. The molecule has 0 heterocycles. The van der Waals surface area contributed by atoms with Gasteiger partial charge in [-0.3, -0.25) is 4.79 Å². The van der Waals surface area contributed by atoms with E-state index in [1.165, 1.54) is 13.0 Å². The molecule has 2 amide bonds. The molecule has 3 N–H and O–H groups in total. The quantitative estimate of drug-likeness (QED) is 0.499. The molecule has 0 aliphatic heterocycles. The van der Waals surface area contributed by atoms with Crippen LogP contribution in [-0.2, 0) is 14.3 Å². The molecular formula is C26H30N2O5. The van der Waals surface area contributed by atoms with Crippen LogP contribution >= 0.6 is 0 Å². The van der Waals surface area contributed by atoms with Crippen LogP contribution in [0.1, 0.15) is 44.2 Å². The zero-order valence-corrected chi connectivity index (χ0v) is 19.1. The molecular weight excluding hydrogens is 420 g/mol. The van der Waals surface area contributed by atoms with E-state index in [9.17, 15) is 14.4 Å². The molecule has 0 spiro atoms. The standard InChI is InChI=1S/C26H30N2O5/c1-16(2)14-23(24(29)27-13-12-17(3)25(30)31)28-26(32)33-15-22-20-10-6-4-8-18(20)19-9-5-7-11-21(19)22/h4-12,16,22-23H,13-15H2,1-3H3,(H,27,29)(H,28,32)(H,30,31)/b17-12+/t23-/m0/s1. The minimum absolute atomic E-state index is 0.0651. The number of hydrogen-bond acceptors (Lipinski definition) is 4. The zero-order chi connectivity index (χ0) is 24.0.